The third kappa shape index (κ3) is 2.15. The summed E-state index contributed by atoms with van der Waals surface area (Å²) < 4.78 is 5.72. The Morgan fingerprint density at radius 3 is 2.71 bits per heavy atom. The average Bonchev–Trinajstić information content (AvgIpc) is 2.09. The lowest BCUT2D eigenvalue weighted by molar-refractivity contribution is 0.124. The summed E-state index contributed by atoms with van der Waals surface area (Å²) in [5.41, 5.74) is 1.16. The van der Waals surface area contributed by atoms with Crippen LogP contribution < -0.4 is 4.74 Å². The summed E-state index contributed by atoms with van der Waals surface area (Å²) in [7, 11) is 0. The van der Waals surface area contributed by atoms with Crippen molar-refractivity contribution in [2.45, 2.75) is 31.2 Å². The van der Waals surface area contributed by atoms with Crippen molar-refractivity contribution < 1.29 is 4.74 Å². The molecule has 1 aromatic carbocycles. The van der Waals surface area contributed by atoms with Crippen LogP contribution >= 0.6 is 23.2 Å². The Labute approximate surface area is 94.0 Å². The maximum Gasteiger partial charge on any atom is 0.138 e. The number of ether oxygens (including phenoxy) is 1. The fourth-order valence-corrected chi connectivity index (χ4v) is 2.04. The molecule has 0 amide bonds. The van der Waals surface area contributed by atoms with Crippen LogP contribution in [-0.4, -0.2) is 11.5 Å². The first-order valence-electron chi connectivity index (χ1n) is 4.72. The largest absolute Gasteiger partial charge is 0.489 e. The lowest BCUT2D eigenvalue weighted by Gasteiger charge is -2.31. The highest BCUT2D eigenvalue weighted by atomic mass is 35.5. The van der Waals surface area contributed by atoms with E-state index >= 15 is 0 Å². The first-order valence-corrected chi connectivity index (χ1v) is 5.53. The zero-order chi connectivity index (χ0) is 10.1. The second-order valence-electron chi connectivity index (χ2n) is 3.74. The van der Waals surface area contributed by atoms with E-state index in [-0.39, 0.29) is 11.5 Å². The number of hydrogen-bond acceptors (Lipinski definition) is 1. The Kier molecular flexibility index (Phi) is 2.89. The molecule has 0 atom stereocenters. The summed E-state index contributed by atoms with van der Waals surface area (Å²) in [5.74, 6) is 0.778. The van der Waals surface area contributed by atoms with Gasteiger partial charge in [-0.25, -0.2) is 0 Å². The molecule has 0 heterocycles. The van der Waals surface area contributed by atoms with Gasteiger partial charge in [0.05, 0.1) is 5.02 Å². The van der Waals surface area contributed by atoms with E-state index in [1.807, 2.05) is 25.1 Å². The van der Waals surface area contributed by atoms with E-state index in [4.69, 9.17) is 27.9 Å². The van der Waals surface area contributed by atoms with Crippen LogP contribution in [0.25, 0.3) is 0 Å². The Morgan fingerprint density at radius 2 is 2.07 bits per heavy atom. The average molecular weight is 231 g/mol. The standard InChI is InChI=1S/C11H12Cl2O/c1-7-2-3-10(13)11(4-7)14-9-5-8(12)6-9/h2-4,8-9H,5-6H2,1H3. The molecule has 0 spiro atoms. The molecule has 3 heteroatoms. The molecule has 1 aliphatic rings. The Bertz CT molecular complexity index is 332. The molecular formula is C11H12Cl2O. The number of rotatable bonds is 2. The fraction of sp³-hybridized carbons (Fsp3) is 0.455. The Morgan fingerprint density at radius 1 is 1.36 bits per heavy atom. The third-order valence-electron chi connectivity index (χ3n) is 2.42. The van der Waals surface area contributed by atoms with Crippen LogP contribution in [0.3, 0.4) is 0 Å². The molecule has 14 heavy (non-hydrogen) atoms. The van der Waals surface area contributed by atoms with Gasteiger partial charge in [0, 0.05) is 18.2 Å². The number of alkyl halides is 1. The Hall–Kier alpha value is -0.400. The summed E-state index contributed by atoms with van der Waals surface area (Å²) in [5, 5.41) is 0.956. The van der Waals surface area contributed by atoms with Crippen LogP contribution in [0.4, 0.5) is 0 Å². The molecule has 0 bridgehead atoms. The summed E-state index contributed by atoms with van der Waals surface area (Å²) in [4.78, 5) is 0. The van der Waals surface area contributed by atoms with E-state index in [1.165, 1.54) is 0 Å². The second kappa shape index (κ2) is 4.00. The van der Waals surface area contributed by atoms with Crippen LogP contribution in [0, 0.1) is 6.92 Å². The zero-order valence-electron chi connectivity index (χ0n) is 7.97. The van der Waals surface area contributed by atoms with Crippen molar-refractivity contribution in [3.05, 3.63) is 28.8 Å². The van der Waals surface area contributed by atoms with Gasteiger partial charge in [0.2, 0.25) is 0 Å². The number of aryl methyl sites for hydroxylation is 1. The molecule has 0 aliphatic heterocycles. The van der Waals surface area contributed by atoms with Crippen LogP contribution in [0.1, 0.15) is 18.4 Å². The van der Waals surface area contributed by atoms with Crippen molar-refractivity contribution in [1.82, 2.24) is 0 Å². The van der Waals surface area contributed by atoms with E-state index in [9.17, 15) is 0 Å². The van der Waals surface area contributed by atoms with Gasteiger partial charge in [-0.3, -0.25) is 0 Å². The molecule has 1 aromatic rings. The van der Waals surface area contributed by atoms with Crippen LogP contribution in [0.2, 0.25) is 5.02 Å². The van der Waals surface area contributed by atoms with Gasteiger partial charge in [-0.15, -0.1) is 11.6 Å². The first-order chi connectivity index (χ1) is 6.65. The second-order valence-corrected chi connectivity index (χ2v) is 4.77. The smallest absolute Gasteiger partial charge is 0.138 e. The highest BCUT2D eigenvalue weighted by Crippen LogP contribution is 2.33. The van der Waals surface area contributed by atoms with Crippen LogP contribution in [0.5, 0.6) is 5.75 Å². The molecule has 0 N–H and O–H groups in total. The van der Waals surface area contributed by atoms with Crippen molar-refractivity contribution >= 4 is 23.2 Å². The molecule has 1 nitrogen and oxygen atoms in total. The maximum absolute atomic E-state index is 6.00. The van der Waals surface area contributed by atoms with Gasteiger partial charge in [0.25, 0.3) is 0 Å². The number of benzene rings is 1. The minimum Gasteiger partial charge on any atom is -0.489 e. The van der Waals surface area contributed by atoms with Gasteiger partial charge in [-0.1, -0.05) is 17.7 Å². The molecule has 76 valence electrons. The number of hydrogen-bond donors (Lipinski definition) is 0. The van der Waals surface area contributed by atoms with E-state index in [0.717, 1.165) is 24.2 Å². The molecule has 1 fully saturated rings. The summed E-state index contributed by atoms with van der Waals surface area (Å²) in [6.07, 6.45) is 2.09. The van der Waals surface area contributed by atoms with Crippen LogP contribution in [0.15, 0.2) is 18.2 Å². The highest BCUT2D eigenvalue weighted by Gasteiger charge is 2.29. The van der Waals surface area contributed by atoms with Crippen molar-refractivity contribution in [2.75, 3.05) is 0 Å². The fourth-order valence-electron chi connectivity index (χ4n) is 1.48. The highest BCUT2D eigenvalue weighted by molar-refractivity contribution is 6.32. The molecule has 0 saturated heterocycles. The van der Waals surface area contributed by atoms with Crippen molar-refractivity contribution in [2.24, 2.45) is 0 Å². The zero-order valence-corrected chi connectivity index (χ0v) is 9.48. The molecule has 1 aliphatic carbocycles. The molecular weight excluding hydrogens is 219 g/mol. The van der Waals surface area contributed by atoms with Gasteiger partial charge in [-0.2, -0.15) is 0 Å². The lowest BCUT2D eigenvalue weighted by Crippen LogP contribution is -2.34. The molecule has 0 unspecified atom stereocenters. The molecule has 0 radical (unpaired) electrons. The van der Waals surface area contributed by atoms with Crippen molar-refractivity contribution in [3.63, 3.8) is 0 Å². The van der Waals surface area contributed by atoms with Crippen molar-refractivity contribution in [1.29, 1.82) is 0 Å². The van der Waals surface area contributed by atoms with E-state index in [0.29, 0.717) is 5.02 Å². The SMILES string of the molecule is Cc1ccc(Cl)c(OC2CC(Cl)C2)c1. The predicted octanol–water partition coefficient (Wildman–Crippen LogP) is 3.80. The monoisotopic (exact) mass is 230 g/mol. The molecule has 1 saturated carbocycles. The maximum atomic E-state index is 6.00. The minimum absolute atomic E-state index is 0.247. The Balaban J connectivity index is 2.05. The van der Waals surface area contributed by atoms with E-state index in [1.54, 1.807) is 0 Å². The minimum atomic E-state index is 0.247. The van der Waals surface area contributed by atoms with Crippen molar-refractivity contribution in [3.8, 4) is 5.75 Å². The summed E-state index contributed by atoms with van der Waals surface area (Å²) in [6, 6.07) is 5.80. The van der Waals surface area contributed by atoms with E-state index in [2.05, 4.69) is 0 Å². The van der Waals surface area contributed by atoms with Crippen LogP contribution in [-0.2, 0) is 0 Å². The third-order valence-corrected chi connectivity index (χ3v) is 3.09. The van der Waals surface area contributed by atoms with Gasteiger partial charge in [-0.05, 0) is 24.6 Å². The number of halogens is 2. The molecule has 2 rings (SSSR count). The first kappa shape index (κ1) is 10.1. The summed E-state index contributed by atoms with van der Waals surface area (Å²) >= 11 is 11.9. The van der Waals surface area contributed by atoms with Gasteiger partial charge < -0.3 is 4.74 Å². The van der Waals surface area contributed by atoms with Gasteiger partial charge in [0.1, 0.15) is 11.9 Å². The van der Waals surface area contributed by atoms with E-state index < -0.39 is 0 Å². The van der Waals surface area contributed by atoms with Gasteiger partial charge >= 0.3 is 0 Å². The normalized spacial score (nSPS) is 25.6. The predicted molar refractivity (Wildman–Crippen MR) is 59.5 cm³/mol. The molecule has 0 aromatic heterocycles. The topological polar surface area (TPSA) is 9.23 Å². The summed E-state index contributed by atoms with van der Waals surface area (Å²) in [6.45, 7) is 2.02. The van der Waals surface area contributed by atoms with Gasteiger partial charge in [0.15, 0.2) is 0 Å². The quantitative estimate of drug-likeness (QED) is 0.703. The lowest BCUT2D eigenvalue weighted by atomic mass is 9.95.